The molecule has 0 saturated carbocycles. The lowest BCUT2D eigenvalue weighted by Gasteiger charge is -2.34. The fraction of sp³-hybridized carbons (Fsp3) is 0.647. The zero-order valence-corrected chi connectivity index (χ0v) is 28.8. The predicted octanol–water partition coefficient (Wildman–Crippen LogP) is 6.79. The van der Waals surface area contributed by atoms with Gasteiger partial charge in [0.25, 0.3) is 0 Å². The van der Waals surface area contributed by atoms with Gasteiger partial charge in [0, 0.05) is 42.4 Å². The van der Waals surface area contributed by atoms with Gasteiger partial charge in [0.05, 0.1) is 24.4 Å². The number of fused-ring (bicyclic) bond motifs is 2. The number of aryl methyl sites for hydroxylation is 1. The smallest absolute Gasteiger partial charge is 0.183 e. The van der Waals surface area contributed by atoms with Crippen LogP contribution in [0.3, 0.4) is 0 Å². The van der Waals surface area contributed by atoms with Crippen LogP contribution >= 0.6 is 15.8 Å². The first-order chi connectivity index (χ1) is 19.8. The second kappa shape index (κ2) is 11.1. The molecule has 0 aliphatic carbocycles. The van der Waals surface area contributed by atoms with Gasteiger partial charge in [-0.25, -0.2) is 0 Å². The third-order valence-corrected chi connectivity index (χ3v) is 16.3. The van der Waals surface area contributed by atoms with Gasteiger partial charge in [-0.2, -0.15) is 0 Å². The van der Waals surface area contributed by atoms with Gasteiger partial charge in [-0.15, -0.1) is 0 Å². The lowest BCUT2D eigenvalue weighted by atomic mass is 9.95. The van der Waals surface area contributed by atoms with E-state index < -0.39 is 33.7 Å². The number of hydrogen-bond acceptors (Lipinski definition) is 6. The van der Waals surface area contributed by atoms with E-state index in [9.17, 15) is 0 Å². The van der Waals surface area contributed by atoms with E-state index in [4.69, 9.17) is 28.4 Å². The van der Waals surface area contributed by atoms with Crippen molar-refractivity contribution in [3.63, 3.8) is 0 Å². The lowest BCUT2D eigenvalue weighted by Crippen LogP contribution is -2.29. The summed E-state index contributed by atoms with van der Waals surface area (Å²) < 4.78 is 37.9. The Hall–Kier alpha value is -0.940. The molecule has 0 bridgehead atoms. The van der Waals surface area contributed by atoms with Crippen molar-refractivity contribution in [1.29, 1.82) is 0 Å². The first-order valence-corrected chi connectivity index (χ1v) is 18.3. The second-order valence-electron chi connectivity index (χ2n) is 13.4. The number of hydrogen-bond donors (Lipinski definition) is 0. The van der Waals surface area contributed by atoms with E-state index in [1.807, 2.05) is 27.7 Å². The predicted molar refractivity (Wildman–Crippen MR) is 172 cm³/mol. The molecule has 0 N–H and O–H groups in total. The molecule has 8 atom stereocenters. The molecule has 0 spiro atoms. The minimum absolute atomic E-state index is 0.0888. The summed E-state index contributed by atoms with van der Waals surface area (Å²) in [5.74, 6) is -1.08. The van der Waals surface area contributed by atoms with Crippen molar-refractivity contribution in [1.82, 2.24) is 0 Å². The van der Waals surface area contributed by atoms with Gasteiger partial charge >= 0.3 is 0 Å². The van der Waals surface area contributed by atoms with Crippen LogP contribution < -0.4 is 10.6 Å². The Labute approximate surface area is 254 Å². The van der Waals surface area contributed by atoms with Gasteiger partial charge in [-0.1, -0.05) is 79.9 Å². The van der Waals surface area contributed by atoms with Gasteiger partial charge in [0.2, 0.25) is 0 Å². The Balaban J connectivity index is 1.52. The average molecular weight is 615 g/mol. The van der Waals surface area contributed by atoms with Crippen LogP contribution in [-0.2, 0) is 28.4 Å². The van der Waals surface area contributed by atoms with Crippen LogP contribution in [0.4, 0.5) is 0 Å². The van der Waals surface area contributed by atoms with E-state index in [-0.39, 0.29) is 24.4 Å². The van der Waals surface area contributed by atoms with E-state index in [0.717, 1.165) is 5.56 Å². The quantitative estimate of drug-likeness (QED) is 0.264. The SMILES string of the molecule is COC(OC)c1cccc(P2C(C)C3OC(C)(C)OC3C2C)c1-c1c(C)cccc1P1C(C)C2OC(C)(C)OC2C1C. The van der Waals surface area contributed by atoms with Gasteiger partial charge in [0.15, 0.2) is 17.9 Å². The fourth-order valence-electron chi connectivity index (χ4n) is 8.16. The molecule has 2 aromatic rings. The van der Waals surface area contributed by atoms with Crippen molar-refractivity contribution in [2.24, 2.45) is 0 Å². The Bertz CT molecular complexity index is 1290. The van der Waals surface area contributed by atoms with E-state index in [1.165, 1.54) is 27.3 Å². The molecule has 4 fully saturated rings. The molecular formula is C34H48O6P2. The van der Waals surface area contributed by atoms with Crippen LogP contribution in [0.1, 0.15) is 72.8 Å². The molecule has 2 aromatic carbocycles. The molecular weight excluding hydrogens is 566 g/mol. The van der Waals surface area contributed by atoms with E-state index >= 15 is 0 Å². The summed E-state index contributed by atoms with van der Waals surface area (Å²) in [5, 5.41) is 2.81. The minimum atomic E-state index is -0.617. The Morgan fingerprint density at radius 1 is 0.619 bits per heavy atom. The Kier molecular flexibility index (Phi) is 8.24. The molecule has 6 rings (SSSR count). The molecule has 4 saturated heterocycles. The van der Waals surface area contributed by atoms with Gasteiger partial charge in [-0.05, 0) is 61.9 Å². The molecule has 0 aromatic heterocycles. The highest BCUT2D eigenvalue weighted by Gasteiger charge is 2.58. The maximum Gasteiger partial charge on any atom is 0.183 e. The molecule has 8 heteroatoms. The van der Waals surface area contributed by atoms with Crippen LogP contribution in [0.2, 0.25) is 0 Å². The first-order valence-electron chi connectivity index (χ1n) is 15.4. The fourth-order valence-corrected chi connectivity index (χ4v) is 15.2. The summed E-state index contributed by atoms with van der Waals surface area (Å²) in [6, 6.07) is 13.6. The molecule has 230 valence electrons. The third-order valence-electron chi connectivity index (χ3n) is 9.80. The summed E-state index contributed by atoms with van der Waals surface area (Å²) in [6.07, 6.45) is -0.0892. The van der Waals surface area contributed by atoms with Crippen molar-refractivity contribution in [3.8, 4) is 11.1 Å². The average Bonchev–Trinajstić information content (AvgIpc) is 3.57. The Morgan fingerprint density at radius 2 is 1.00 bits per heavy atom. The van der Waals surface area contributed by atoms with Gasteiger partial charge < -0.3 is 28.4 Å². The van der Waals surface area contributed by atoms with Crippen molar-refractivity contribution in [3.05, 3.63) is 47.5 Å². The van der Waals surface area contributed by atoms with Crippen LogP contribution in [0.15, 0.2) is 36.4 Å². The van der Waals surface area contributed by atoms with Crippen LogP contribution in [-0.4, -0.2) is 72.8 Å². The van der Waals surface area contributed by atoms with Crippen LogP contribution in [0.25, 0.3) is 11.1 Å². The molecule has 4 aliphatic rings. The number of ether oxygens (including phenoxy) is 6. The second-order valence-corrected chi connectivity index (χ2v) is 19.3. The molecule has 42 heavy (non-hydrogen) atoms. The van der Waals surface area contributed by atoms with Crippen molar-refractivity contribution in [2.45, 2.75) is 127 Å². The molecule has 8 unspecified atom stereocenters. The highest BCUT2D eigenvalue weighted by atomic mass is 31.1. The summed E-state index contributed by atoms with van der Waals surface area (Å²) in [5.41, 5.74) is 6.40. The highest BCUT2D eigenvalue weighted by molar-refractivity contribution is 7.68. The molecule has 4 aliphatic heterocycles. The molecule has 0 amide bonds. The largest absolute Gasteiger partial charge is 0.352 e. The lowest BCUT2D eigenvalue weighted by molar-refractivity contribution is -0.147. The van der Waals surface area contributed by atoms with Gasteiger partial charge in [-0.3, -0.25) is 0 Å². The first kappa shape index (κ1) is 31.1. The molecule has 6 nitrogen and oxygen atoms in total. The van der Waals surface area contributed by atoms with Crippen molar-refractivity contribution in [2.75, 3.05) is 14.2 Å². The monoisotopic (exact) mass is 614 g/mol. The summed E-state index contributed by atoms with van der Waals surface area (Å²) in [6.45, 7) is 19.9. The topological polar surface area (TPSA) is 55.4 Å². The van der Waals surface area contributed by atoms with Crippen molar-refractivity contribution < 1.29 is 28.4 Å². The number of benzene rings is 2. The van der Waals surface area contributed by atoms with E-state index in [1.54, 1.807) is 14.2 Å². The highest BCUT2D eigenvalue weighted by Crippen LogP contribution is 2.63. The Morgan fingerprint density at radius 3 is 1.40 bits per heavy atom. The minimum Gasteiger partial charge on any atom is -0.352 e. The third kappa shape index (κ3) is 4.94. The maximum atomic E-state index is 6.51. The summed E-state index contributed by atoms with van der Waals surface area (Å²) in [4.78, 5) is 0. The molecule has 4 heterocycles. The van der Waals surface area contributed by atoms with Crippen LogP contribution in [0, 0.1) is 6.92 Å². The molecule has 0 radical (unpaired) electrons. The van der Waals surface area contributed by atoms with Crippen LogP contribution in [0.5, 0.6) is 0 Å². The number of rotatable bonds is 6. The standard InChI is InChI=1S/C34H48O6P2/c1-18-14-12-16-24(41-19(2)28-29(20(41)3)38-33(6,7)37-28)26(18)27-23(32(35-10)36-11)15-13-17-25(27)42-21(4)30-31(22(42)5)40-34(8,9)39-30/h12-17,19-22,28-32H,1-11H3. The van der Waals surface area contributed by atoms with E-state index in [0.29, 0.717) is 22.6 Å². The number of methoxy groups -OCH3 is 2. The van der Waals surface area contributed by atoms with Gasteiger partial charge in [0.1, 0.15) is 0 Å². The zero-order chi connectivity index (χ0) is 30.3. The summed E-state index contributed by atoms with van der Waals surface area (Å²) in [7, 11) is 2.26. The zero-order valence-electron chi connectivity index (χ0n) is 27.0. The van der Waals surface area contributed by atoms with Crippen molar-refractivity contribution >= 4 is 26.5 Å². The normalized spacial score (nSPS) is 38.3. The van der Waals surface area contributed by atoms with E-state index in [2.05, 4.69) is 71.0 Å². The maximum absolute atomic E-state index is 6.51. The summed E-state index contributed by atoms with van der Waals surface area (Å²) >= 11 is 0.